The summed E-state index contributed by atoms with van der Waals surface area (Å²) in [6.07, 6.45) is 2.47. The molecule has 0 aromatic carbocycles. The number of nitrogens with one attached hydrogen (secondary N) is 1. The Morgan fingerprint density at radius 2 is 2.36 bits per heavy atom. The van der Waals surface area contributed by atoms with Crippen LogP contribution >= 0.6 is 12.4 Å². The molecule has 0 unspecified atom stereocenters. The maximum Gasteiger partial charge on any atom is 0.412 e. The predicted molar refractivity (Wildman–Crippen MR) is 45.6 cm³/mol. The summed E-state index contributed by atoms with van der Waals surface area (Å²) in [7, 11) is 0. The van der Waals surface area contributed by atoms with Crippen LogP contribution in [0.15, 0.2) is 12.3 Å². The zero-order valence-electron chi connectivity index (χ0n) is 6.37. The van der Waals surface area contributed by atoms with Crippen molar-refractivity contribution in [3.63, 3.8) is 0 Å². The average Bonchev–Trinajstić information content (AvgIpc) is 1.97. The van der Waals surface area contributed by atoms with Gasteiger partial charge >= 0.3 is 6.09 Å². The van der Waals surface area contributed by atoms with E-state index in [4.69, 9.17) is 5.73 Å². The minimum Gasteiger partial charge on any atom is -0.419 e. The maximum absolute atomic E-state index is 10.5. The van der Waals surface area contributed by atoms with Crippen LogP contribution in [0.3, 0.4) is 0 Å². The maximum atomic E-state index is 10.5. The monoisotopic (exact) mass is 180 g/mol. The van der Waals surface area contributed by atoms with Gasteiger partial charge < -0.3 is 15.8 Å². The van der Waals surface area contributed by atoms with Crippen molar-refractivity contribution in [2.45, 2.75) is 6.92 Å². The predicted octanol–water partition coefficient (Wildman–Crippen LogP) is 0.627. The molecule has 66 valence electrons. The number of rotatable bonds is 3. The first-order chi connectivity index (χ1) is 4.81. The highest BCUT2D eigenvalue weighted by atomic mass is 35.5. The number of hydrogen-bond acceptors (Lipinski definition) is 3. The Bertz CT molecular complexity index is 128. The highest BCUT2D eigenvalue weighted by Gasteiger charge is 1.94. The Morgan fingerprint density at radius 3 is 2.82 bits per heavy atom. The van der Waals surface area contributed by atoms with Crippen molar-refractivity contribution in [2.75, 3.05) is 13.1 Å². The fourth-order valence-corrected chi connectivity index (χ4v) is 0.346. The Balaban J connectivity index is 0. The van der Waals surface area contributed by atoms with Gasteiger partial charge in [-0.1, -0.05) is 6.08 Å². The first kappa shape index (κ1) is 12.9. The van der Waals surface area contributed by atoms with Crippen molar-refractivity contribution in [3.8, 4) is 0 Å². The molecular formula is C6H13ClN2O2. The second-order valence-corrected chi connectivity index (χ2v) is 1.59. The summed E-state index contributed by atoms with van der Waals surface area (Å²) in [5.74, 6) is 0. The van der Waals surface area contributed by atoms with Crippen LogP contribution in [-0.4, -0.2) is 19.2 Å². The Kier molecular flexibility index (Phi) is 10.9. The SMILES string of the molecule is CC=COC(=O)NCCN.Cl. The standard InChI is InChI=1S/C6H12N2O2.ClH/c1-2-5-10-6(9)8-4-3-7;/h2,5H,3-4,7H2,1H3,(H,8,9);1H. The molecule has 0 fully saturated rings. The summed E-state index contributed by atoms with van der Waals surface area (Å²) in [6.45, 7) is 2.62. The molecular weight excluding hydrogens is 168 g/mol. The number of nitrogens with two attached hydrogens (primary N) is 1. The van der Waals surface area contributed by atoms with Crippen molar-refractivity contribution in [1.29, 1.82) is 0 Å². The van der Waals surface area contributed by atoms with Gasteiger partial charge in [0.2, 0.25) is 0 Å². The molecule has 0 spiro atoms. The lowest BCUT2D eigenvalue weighted by molar-refractivity contribution is 0.185. The molecule has 0 atom stereocenters. The van der Waals surface area contributed by atoms with E-state index in [1.165, 1.54) is 6.26 Å². The van der Waals surface area contributed by atoms with Gasteiger partial charge in [0.1, 0.15) is 0 Å². The molecule has 0 aliphatic carbocycles. The molecule has 0 aromatic heterocycles. The fraction of sp³-hybridized carbons (Fsp3) is 0.500. The Morgan fingerprint density at radius 1 is 1.73 bits per heavy atom. The molecule has 0 aliphatic heterocycles. The molecule has 11 heavy (non-hydrogen) atoms. The smallest absolute Gasteiger partial charge is 0.412 e. The molecule has 0 saturated heterocycles. The number of carbonyl (C=O) groups is 1. The number of carbonyl (C=O) groups excluding carboxylic acids is 1. The summed E-state index contributed by atoms with van der Waals surface area (Å²) in [6, 6.07) is 0. The molecule has 0 radical (unpaired) electrons. The van der Waals surface area contributed by atoms with E-state index in [1.54, 1.807) is 13.0 Å². The van der Waals surface area contributed by atoms with Crippen molar-refractivity contribution >= 4 is 18.5 Å². The van der Waals surface area contributed by atoms with E-state index >= 15 is 0 Å². The second-order valence-electron chi connectivity index (χ2n) is 1.59. The number of amides is 1. The van der Waals surface area contributed by atoms with E-state index in [0.29, 0.717) is 13.1 Å². The number of halogens is 1. The molecule has 0 saturated carbocycles. The van der Waals surface area contributed by atoms with Crippen LogP contribution in [0.4, 0.5) is 4.79 Å². The van der Waals surface area contributed by atoms with Gasteiger partial charge in [-0.2, -0.15) is 0 Å². The topological polar surface area (TPSA) is 64.3 Å². The van der Waals surface area contributed by atoms with E-state index in [0.717, 1.165) is 0 Å². The highest BCUT2D eigenvalue weighted by Crippen LogP contribution is 1.77. The van der Waals surface area contributed by atoms with Crippen LogP contribution in [0, 0.1) is 0 Å². The molecule has 0 aliphatic rings. The van der Waals surface area contributed by atoms with Gasteiger partial charge in [0.25, 0.3) is 0 Å². The summed E-state index contributed by atoms with van der Waals surface area (Å²) in [5.41, 5.74) is 5.12. The molecule has 1 amide bonds. The zero-order chi connectivity index (χ0) is 7.82. The lowest BCUT2D eigenvalue weighted by Gasteiger charge is -1.99. The molecule has 5 heteroatoms. The largest absolute Gasteiger partial charge is 0.419 e. The fourth-order valence-electron chi connectivity index (χ4n) is 0.346. The normalized spacial score (nSPS) is 8.91. The van der Waals surface area contributed by atoms with Crippen molar-refractivity contribution in [2.24, 2.45) is 5.73 Å². The van der Waals surface area contributed by atoms with E-state index in [9.17, 15) is 4.79 Å². The van der Waals surface area contributed by atoms with Crippen LogP contribution < -0.4 is 11.1 Å². The lowest BCUT2D eigenvalue weighted by atomic mass is 10.6. The zero-order valence-corrected chi connectivity index (χ0v) is 7.19. The van der Waals surface area contributed by atoms with Gasteiger partial charge in [-0.3, -0.25) is 0 Å². The van der Waals surface area contributed by atoms with Crippen LogP contribution in [0.1, 0.15) is 6.92 Å². The van der Waals surface area contributed by atoms with Gasteiger partial charge in [0, 0.05) is 13.1 Å². The Hall–Kier alpha value is -0.740. The van der Waals surface area contributed by atoms with Crippen LogP contribution in [0.2, 0.25) is 0 Å². The minimum absolute atomic E-state index is 0. The molecule has 3 N–H and O–H groups in total. The van der Waals surface area contributed by atoms with Gasteiger partial charge in [-0.05, 0) is 6.92 Å². The summed E-state index contributed by atoms with van der Waals surface area (Å²) >= 11 is 0. The van der Waals surface area contributed by atoms with E-state index in [2.05, 4.69) is 10.1 Å². The molecule has 0 rings (SSSR count). The van der Waals surface area contributed by atoms with Crippen LogP contribution in [-0.2, 0) is 4.74 Å². The molecule has 4 nitrogen and oxygen atoms in total. The molecule has 0 aromatic rings. The van der Waals surface area contributed by atoms with E-state index in [-0.39, 0.29) is 12.4 Å². The van der Waals surface area contributed by atoms with Gasteiger partial charge in [-0.25, -0.2) is 4.79 Å². The van der Waals surface area contributed by atoms with E-state index < -0.39 is 6.09 Å². The number of allylic oxidation sites excluding steroid dienone is 1. The van der Waals surface area contributed by atoms with Crippen LogP contribution in [0.25, 0.3) is 0 Å². The molecule has 0 bridgehead atoms. The molecule has 0 heterocycles. The second kappa shape index (κ2) is 9.26. The van der Waals surface area contributed by atoms with Gasteiger partial charge in [0.15, 0.2) is 0 Å². The van der Waals surface area contributed by atoms with Crippen molar-refractivity contribution in [1.82, 2.24) is 5.32 Å². The van der Waals surface area contributed by atoms with Gasteiger partial charge in [0.05, 0.1) is 6.26 Å². The first-order valence-electron chi connectivity index (χ1n) is 3.07. The van der Waals surface area contributed by atoms with Crippen molar-refractivity contribution < 1.29 is 9.53 Å². The summed E-state index contributed by atoms with van der Waals surface area (Å²) in [5, 5.41) is 2.43. The first-order valence-corrected chi connectivity index (χ1v) is 3.07. The third kappa shape index (κ3) is 9.26. The number of alkyl carbamates (subject to hydrolysis) is 1. The number of ether oxygens (including phenoxy) is 1. The quantitative estimate of drug-likeness (QED) is 0.627. The summed E-state index contributed by atoms with van der Waals surface area (Å²) in [4.78, 5) is 10.5. The highest BCUT2D eigenvalue weighted by molar-refractivity contribution is 5.85. The third-order valence-corrected chi connectivity index (χ3v) is 0.725. The van der Waals surface area contributed by atoms with E-state index in [1.807, 2.05) is 0 Å². The lowest BCUT2D eigenvalue weighted by Crippen LogP contribution is -2.28. The third-order valence-electron chi connectivity index (χ3n) is 0.725. The van der Waals surface area contributed by atoms with Crippen LogP contribution in [0.5, 0.6) is 0 Å². The van der Waals surface area contributed by atoms with Gasteiger partial charge in [-0.15, -0.1) is 12.4 Å². The summed E-state index contributed by atoms with van der Waals surface area (Å²) < 4.78 is 4.51. The van der Waals surface area contributed by atoms with Crippen molar-refractivity contribution in [3.05, 3.63) is 12.3 Å². The average molecular weight is 181 g/mol. The number of hydrogen-bond donors (Lipinski definition) is 2. The Labute approximate surface area is 72.2 Å². The minimum atomic E-state index is -0.469.